The van der Waals surface area contributed by atoms with Crippen LogP contribution in [-0.2, 0) is 11.3 Å². The van der Waals surface area contributed by atoms with Crippen LogP contribution < -0.4 is 10.6 Å². The highest BCUT2D eigenvalue weighted by Crippen LogP contribution is 2.29. The van der Waals surface area contributed by atoms with Gasteiger partial charge in [-0.25, -0.2) is 4.98 Å². The summed E-state index contributed by atoms with van der Waals surface area (Å²) in [6.45, 7) is 6.35. The van der Waals surface area contributed by atoms with Gasteiger partial charge in [-0.3, -0.25) is 10.1 Å². The maximum Gasteiger partial charge on any atom is 0.302 e. The predicted octanol–water partition coefficient (Wildman–Crippen LogP) is 5.45. The highest BCUT2D eigenvalue weighted by atomic mass is 32.1. The maximum atomic E-state index is 11.0. The first-order valence-electron chi connectivity index (χ1n) is 9.45. The lowest BCUT2D eigenvalue weighted by Crippen LogP contribution is -2.18. The Hall–Kier alpha value is -3.19. The summed E-state index contributed by atoms with van der Waals surface area (Å²) in [6.07, 6.45) is 0. The number of thiazole rings is 1. The third-order valence-corrected chi connectivity index (χ3v) is 5.35. The summed E-state index contributed by atoms with van der Waals surface area (Å²) in [5.74, 6) is 0.405. The molecule has 1 amide bonds. The van der Waals surface area contributed by atoms with E-state index in [1.54, 1.807) is 0 Å². The molecule has 0 atom stereocenters. The van der Waals surface area contributed by atoms with Crippen LogP contribution in [0.5, 0.6) is 0 Å². The molecule has 0 unspecified atom stereocenters. The van der Waals surface area contributed by atoms with Crippen molar-refractivity contribution in [3.8, 4) is 11.3 Å². The fourth-order valence-corrected chi connectivity index (χ4v) is 3.64. The van der Waals surface area contributed by atoms with Crippen LogP contribution in [0.1, 0.15) is 37.8 Å². The van der Waals surface area contributed by atoms with E-state index >= 15 is 0 Å². The van der Waals surface area contributed by atoms with E-state index in [4.69, 9.17) is 4.42 Å². The quantitative estimate of drug-likeness (QED) is 0.445. The summed E-state index contributed by atoms with van der Waals surface area (Å²) in [7, 11) is 0. The van der Waals surface area contributed by atoms with E-state index in [1.165, 1.54) is 23.8 Å². The van der Waals surface area contributed by atoms with E-state index in [0.717, 1.165) is 33.1 Å². The molecule has 6 nitrogen and oxygen atoms in total. The summed E-state index contributed by atoms with van der Waals surface area (Å²) in [4.78, 5) is 20.2. The lowest BCUT2D eigenvalue weighted by atomic mass is 10.0. The SMILES string of the molecule is CC(=O)NCc1ccc(-c2csc(Nc3nc4cc(C(C)C)ccc4o3)n2)cc1. The maximum absolute atomic E-state index is 11.0. The van der Waals surface area contributed by atoms with E-state index in [-0.39, 0.29) is 5.91 Å². The Kier molecular flexibility index (Phi) is 5.31. The normalized spacial score (nSPS) is 11.2. The molecule has 2 aromatic heterocycles. The molecular formula is C22H22N4O2S. The number of anilines is 2. The number of carbonyl (C=O) groups excluding carboxylic acids is 1. The molecule has 2 aromatic carbocycles. The van der Waals surface area contributed by atoms with Gasteiger partial charge in [-0.2, -0.15) is 4.98 Å². The molecular weight excluding hydrogens is 384 g/mol. The highest BCUT2D eigenvalue weighted by Gasteiger charge is 2.11. The van der Waals surface area contributed by atoms with Gasteiger partial charge in [0.2, 0.25) is 5.91 Å². The van der Waals surface area contributed by atoms with Gasteiger partial charge < -0.3 is 9.73 Å². The second kappa shape index (κ2) is 8.05. The average molecular weight is 407 g/mol. The van der Waals surface area contributed by atoms with E-state index < -0.39 is 0 Å². The molecule has 2 heterocycles. The Morgan fingerprint density at radius 1 is 1.14 bits per heavy atom. The molecule has 0 aliphatic rings. The Bertz CT molecular complexity index is 1150. The number of aromatic nitrogens is 2. The molecule has 0 radical (unpaired) electrons. The summed E-state index contributed by atoms with van der Waals surface area (Å²) < 4.78 is 5.79. The minimum Gasteiger partial charge on any atom is -0.423 e. The molecule has 7 heteroatoms. The number of hydrogen-bond donors (Lipinski definition) is 2. The van der Waals surface area contributed by atoms with Crippen LogP contribution in [0, 0.1) is 0 Å². The van der Waals surface area contributed by atoms with E-state index in [2.05, 4.69) is 46.6 Å². The van der Waals surface area contributed by atoms with Crippen molar-refractivity contribution in [1.29, 1.82) is 0 Å². The fraction of sp³-hybridized carbons (Fsp3) is 0.227. The minimum atomic E-state index is -0.0380. The van der Waals surface area contributed by atoms with Gasteiger partial charge in [0.05, 0.1) is 5.69 Å². The Morgan fingerprint density at radius 2 is 1.93 bits per heavy atom. The number of amides is 1. The van der Waals surface area contributed by atoms with Crippen LogP contribution in [0.3, 0.4) is 0 Å². The summed E-state index contributed by atoms with van der Waals surface area (Å²) in [5.41, 5.74) is 5.76. The second-order valence-electron chi connectivity index (χ2n) is 7.17. The predicted molar refractivity (Wildman–Crippen MR) is 116 cm³/mol. The number of nitrogens with one attached hydrogen (secondary N) is 2. The number of fused-ring (bicyclic) bond motifs is 1. The minimum absolute atomic E-state index is 0.0380. The molecule has 2 N–H and O–H groups in total. The van der Waals surface area contributed by atoms with Gasteiger partial charge in [0.25, 0.3) is 0 Å². The molecule has 0 fully saturated rings. The number of carbonyl (C=O) groups is 1. The lowest BCUT2D eigenvalue weighted by molar-refractivity contribution is -0.119. The molecule has 148 valence electrons. The van der Waals surface area contributed by atoms with Crippen LogP contribution in [-0.4, -0.2) is 15.9 Å². The molecule has 0 spiro atoms. The fourth-order valence-electron chi connectivity index (χ4n) is 2.93. The molecule has 0 bridgehead atoms. The van der Waals surface area contributed by atoms with E-state index in [0.29, 0.717) is 18.5 Å². The first kappa shape index (κ1) is 19.1. The van der Waals surface area contributed by atoms with Crippen molar-refractivity contribution in [3.63, 3.8) is 0 Å². The topological polar surface area (TPSA) is 80.0 Å². The van der Waals surface area contributed by atoms with Gasteiger partial charge in [-0.1, -0.05) is 44.2 Å². The van der Waals surface area contributed by atoms with Gasteiger partial charge in [0.1, 0.15) is 5.52 Å². The molecule has 4 rings (SSSR count). The lowest BCUT2D eigenvalue weighted by Gasteiger charge is -2.03. The van der Waals surface area contributed by atoms with Gasteiger partial charge in [-0.15, -0.1) is 11.3 Å². The molecule has 29 heavy (non-hydrogen) atoms. The smallest absolute Gasteiger partial charge is 0.302 e. The molecule has 4 aromatic rings. The first-order chi connectivity index (χ1) is 14.0. The standard InChI is InChI=1S/C22H22N4O2S/c1-13(2)17-8-9-20-18(10-17)24-21(28-20)26-22-25-19(12-29-22)16-6-4-15(5-7-16)11-23-14(3)27/h4-10,12-13H,11H2,1-3H3,(H,23,27)(H,24,25,26). The van der Waals surface area contributed by atoms with Gasteiger partial charge in [0, 0.05) is 24.4 Å². The van der Waals surface area contributed by atoms with Crippen LogP contribution in [0.4, 0.5) is 11.1 Å². The Morgan fingerprint density at radius 3 is 2.66 bits per heavy atom. The van der Waals surface area contributed by atoms with Gasteiger partial charge >= 0.3 is 6.01 Å². The Labute approximate surface area is 173 Å². The van der Waals surface area contributed by atoms with Crippen LogP contribution >= 0.6 is 11.3 Å². The number of oxazole rings is 1. The average Bonchev–Trinajstić information content (AvgIpc) is 3.32. The van der Waals surface area contributed by atoms with Gasteiger partial charge in [0.15, 0.2) is 10.7 Å². The van der Waals surface area contributed by atoms with Crippen molar-refractivity contribution >= 4 is 39.5 Å². The van der Waals surface area contributed by atoms with Crippen molar-refractivity contribution in [3.05, 3.63) is 59.0 Å². The summed E-state index contributed by atoms with van der Waals surface area (Å²) in [6, 6.07) is 14.5. The first-order valence-corrected chi connectivity index (χ1v) is 10.3. The van der Waals surface area contributed by atoms with Crippen molar-refractivity contribution in [2.24, 2.45) is 0 Å². The van der Waals surface area contributed by atoms with Crippen LogP contribution in [0.2, 0.25) is 0 Å². The third kappa shape index (κ3) is 4.46. The summed E-state index contributed by atoms with van der Waals surface area (Å²) in [5, 5.41) is 8.66. The monoisotopic (exact) mass is 406 g/mol. The van der Waals surface area contributed by atoms with Crippen molar-refractivity contribution < 1.29 is 9.21 Å². The molecule has 0 saturated heterocycles. The van der Waals surface area contributed by atoms with Crippen molar-refractivity contribution in [1.82, 2.24) is 15.3 Å². The Balaban J connectivity index is 1.48. The largest absolute Gasteiger partial charge is 0.423 e. The summed E-state index contributed by atoms with van der Waals surface area (Å²) >= 11 is 1.50. The number of hydrogen-bond acceptors (Lipinski definition) is 6. The van der Waals surface area contributed by atoms with E-state index in [9.17, 15) is 4.79 Å². The van der Waals surface area contributed by atoms with Crippen molar-refractivity contribution in [2.75, 3.05) is 5.32 Å². The third-order valence-electron chi connectivity index (χ3n) is 4.59. The zero-order chi connectivity index (χ0) is 20.4. The molecule has 0 aliphatic heterocycles. The number of benzene rings is 2. The van der Waals surface area contributed by atoms with Crippen LogP contribution in [0.25, 0.3) is 22.4 Å². The molecule has 0 aliphatic carbocycles. The number of nitrogens with zero attached hydrogens (tertiary/aromatic N) is 2. The van der Waals surface area contributed by atoms with Crippen molar-refractivity contribution in [2.45, 2.75) is 33.2 Å². The number of rotatable bonds is 6. The highest BCUT2D eigenvalue weighted by molar-refractivity contribution is 7.14. The zero-order valence-electron chi connectivity index (χ0n) is 16.5. The van der Waals surface area contributed by atoms with E-state index in [1.807, 2.05) is 35.7 Å². The zero-order valence-corrected chi connectivity index (χ0v) is 17.3. The molecule has 0 saturated carbocycles. The van der Waals surface area contributed by atoms with Gasteiger partial charge in [-0.05, 0) is 29.2 Å². The second-order valence-corrected chi connectivity index (χ2v) is 8.03. The van der Waals surface area contributed by atoms with Crippen LogP contribution in [0.15, 0.2) is 52.3 Å².